The van der Waals surface area contributed by atoms with Gasteiger partial charge in [-0.3, -0.25) is 19.1 Å². The molecular formula is C14H11N3O2. The highest BCUT2D eigenvalue weighted by atomic mass is 16.2. The molecular weight excluding hydrogens is 242 g/mol. The van der Waals surface area contributed by atoms with E-state index in [9.17, 15) is 9.59 Å². The summed E-state index contributed by atoms with van der Waals surface area (Å²) >= 11 is 0. The number of hydrogen-bond acceptors (Lipinski definition) is 3. The molecule has 0 spiro atoms. The Hall–Kier alpha value is -2.69. The van der Waals surface area contributed by atoms with E-state index in [1.807, 2.05) is 24.3 Å². The average molecular weight is 253 g/mol. The minimum Gasteiger partial charge on any atom is -0.316 e. The molecule has 0 aliphatic carbocycles. The predicted octanol–water partition coefficient (Wildman–Crippen LogP) is 1.13. The van der Waals surface area contributed by atoms with Gasteiger partial charge in [-0.2, -0.15) is 0 Å². The van der Waals surface area contributed by atoms with Crippen molar-refractivity contribution >= 4 is 11.0 Å². The number of nitrogens with zero attached hydrogens (tertiary/aromatic N) is 2. The highest BCUT2D eigenvalue weighted by Crippen LogP contribution is 2.09. The Bertz CT molecular complexity index is 834. The van der Waals surface area contributed by atoms with Crippen molar-refractivity contribution in [2.75, 3.05) is 0 Å². The van der Waals surface area contributed by atoms with Crippen LogP contribution in [0.3, 0.4) is 0 Å². The summed E-state index contributed by atoms with van der Waals surface area (Å²) in [5.41, 5.74) is 1.07. The largest absolute Gasteiger partial charge is 0.317 e. The molecule has 19 heavy (non-hydrogen) atoms. The average Bonchev–Trinajstić information content (AvgIpc) is 2.45. The second kappa shape index (κ2) is 4.53. The van der Waals surface area contributed by atoms with Gasteiger partial charge in [0.15, 0.2) is 0 Å². The Morgan fingerprint density at radius 2 is 1.95 bits per heavy atom. The lowest BCUT2D eigenvalue weighted by atomic mass is 10.2. The van der Waals surface area contributed by atoms with Crippen molar-refractivity contribution in [3.8, 4) is 0 Å². The number of H-pyrrole nitrogens is 1. The van der Waals surface area contributed by atoms with Gasteiger partial charge in [0, 0.05) is 12.4 Å². The first kappa shape index (κ1) is 11.4. The van der Waals surface area contributed by atoms with Crippen molar-refractivity contribution in [2.24, 2.45) is 0 Å². The molecule has 0 saturated heterocycles. The highest BCUT2D eigenvalue weighted by Gasteiger charge is 2.07. The number of fused-ring (bicyclic) bond motifs is 1. The van der Waals surface area contributed by atoms with Crippen LogP contribution >= 0.6 is 0 Å². The first-order valence-corrected chi connectivity index (χ1v) is 5.86. The maximum absolute atomic E-state index is 12.0. The van der Waals surface area contributed by atoms with Gasteiger partial charge in [0.2, 0.25) is 0 Å². The number of benzene rings is 1. The van der Waals surface area contributed by atoms with E-state index in [0.717, 1.165) is 5.56 Å². The van der Waals surface area contributed by atoms with Gasteiger partial charge in [0.1, 0.15) is 0 Å². The number of aromatic amines is 1. The van der Waals surface area contributed by atoms with Crippen molar-refractivity contribution < 1.29 is 0 Å². The maximum atomic E-state index is 12.0. The zero-order valence-electron chi connectivity index (χ0n) is 10.0. The Morgan fingerprint density at radius 3 is 2.74 bits per heavy atom. The molecule has 0 unspecified atom stereocenters. The van der Waals surface area contributed by atoms with Gasteiger partial charge in [-0.15, -0.1) is 0 Å². The third-order valence-corrected chi connectivity index (χ3v) is 2.95. The minimum atomic E-state index is -0.609. The lowest BCUT2D eigenvalue weighted by Crippen LogP contribution is -2.36. The number of aromatic nitrogens is 3. The third-order valence-electron chi connectivity index (χ3n) is 2.95. The number of para-hydroxylation sites is 2. The van der Waals surface area contributed by atoms with Crippen LogP contribution < -0.4 is 11.1 Å². The Balaban J connectivity index is 2.25. The summed E-state index contributed by atoms with van der Waals surface area (Å²) in [6.07, 6.45) is 3.35. The van der Waals surface area contributed by atoms with E-state index >= 15 is 0 Å². The van der Waals surface area contributed by atoms with Crippen LogP contribution in [0, 0.1) is 0 Å². The van der Waals surface area contributed by atoms with Crippen molar-refractivity contribution in [1.82, 2.24) is 14.5 Å². The number of pyridine rings is 1. The van der Waals surface area contributed by atoms with E-state index in [1.54, 1.807) is 24.5 Å². The molecule has 3 rings (SSSR count). The fourth-order valence-electron chi connectivity index (χ4n) is 2.05. The van der Waals surface area contributed by atoms with Gasteiger partial charge in [-0.1, -0.05) is 18.2 Å². The second-order valence-electron chi connectivity index (χ2n) is 4.22. The van der Waals surface area contributed by atoms with Gasteiger partial charge >= 0.3 is 11.1 Å². The van der Waals surface area contributed by atoms with E-state index in [-0.39, 0.29) is 0 Å². The summed E-state index contributed by atoms with van der Waals surface area (Å²) in [6, 6.07) is 10.9. The van der Waals surface area contributed by atoms with Gasteiger partial charge in [-0.05, 0) is 23.8 Å². The van der Waals surface area contributed by atoms with Crippen LogP contribution in [0.1, 0.15) is 5.56 Å². The molecule has 0 bridgehead atoms. The zero-order valence-corrected chi connectivity index (χ0v) is 10.0. The van der Waals surface area contributed by atoms with Crippen LogP contribution in [0.25, 0.3) is 11.0 Å². The topological polar surface area (TPSA) is 67.8 Å². The van der Waals surface area contributed by atoms with Crippen LogP contribution in [0.4, 0.5) is 0 Å². The Morgan fingerprint density at radius 1 is 1.11 bits per heavy atom. The van der Waals surface area contributed by atoms with Gasteiger partial charge < -0.3 is 4.98 Å². The monoisotopic (exact) mass is 253 g/mol. The van der Waals surface area contributed by atoms with E-state index in [2.05, 4.69) is 9.97 Å². The third kappa shape index (κ3) is 2.06. The smallest absolute Gasteiger partial charge is 0.316 e. The summed E-state index contributed by atoms with van der Waals surface area (Å²) in [7, 11) is 0. The molecule has 0 atom stereocenters. The molecule has 0 aliphatic heterocycles. The predicted molar refractivity (Wildman–Crippen MR) is 72.2 cm³/mol. The van der Waals surface area contributed by atoms with E-state index in [1.165, 1.54) is 4.57 Å². The fraction of sp³-hybridized carbons (Fsp3) is 0.0714. The first-order chi connectivity index (χ1) is 9.25. The SMILES string of the molecule is O=c1[nH]c2ccccc2n(Cc2cccnc2)c1=O. The minimum absolute atomic E-state index is 0.330. The van der Waals surface area contributed by atoms with Crippen LogP contribution in [0.5, 0.6) is 0 Å². The second-order valence-corrected chi connectivity index (χ2v) is 4.22. The Kier molecular flexibility index (Phi) is 2.72. The summed E-state index contributed by atoms with van der Waals surface area (Å²) in [5, 5.41) is 0. The molecule has 94 valence electrons. The van der Waals surface area contributed by atoms with Crippen molar-refractivity contribution in [3.05, 3.63) is 75.1 Å². The lowest BCUT2D eigenvalue weighted by molar-refractivity contribution is 0.773. The fourth-order valence-corrected chi connectivity index (χ4v) is 2.05. The number of nitrogens with one attached hydrogen (secondary N) is 1. The van der Waals surface area contributed by atoms with Crippen LogP contribution in [-0.4, -0.2) is 14.5 Å². The van der Waals surface area contributed by atoms with E-state index in [0.29, 0.717) is 17.6 Å². The molecule has 2 heterocycles. The van der Waals surface area contributed by atoms with E-state index in [4.69, 9.17) is 0 Å². The quantitative estimate of drug-likeness (QED) is 0.696. The standard InChI is InChI=1S/C14H11N3O2/c18-13-14(19)17(9-10-4-3-7-15-8-10)12-6-2-1-5-11(12)16-13/h1-8H,9H2,(H,16,18). The van der Waals surface area contributed by atoms with Crippen LogP contribution in [-0.2, 0) is 6.54 Å². The highest BCUT2D eigenvalue weighted by molar-refractivity contribution is 5.74. The van der Waals surface area contributed by atoms with Gasteiger partial charge in [-0.25, -0.2) is 0 Å². The molecule has 0 radical (unpaired) electrons. The molecule has 2 aromatic heterocycles. The van der Waals surface area contributed by atoms with Crippen molar-refractivity contribution in [3.63, 3.8) is 0 Å². The molecule has 0 amide bonds. The zero-order chi connectivity index (χ0) is 13.2. The van der Waals surface area contributed by atoms with Crippen molar-refractivity contribution in [1.29, 1.82) is 0 Å². The van der Waals surface area contributed by atoms with Crippen LogP contribution in [0.15, 0.2) is 58.4 Å². The molecule has 5 nitrogen and oxygen atoms in total. The van der Waals surface area contributed by atoms with Gasteiger partial charge in [0.25, 0.3) is 0 Å². The lowest BCUT2D eigenvalue weighted by Gasteiger charge is -2.09. The number of hydrogen-bond donors (Lipinski definition) is 1. The summed E-state index contributed by atoms with van der Waals surface area (Å²) < 4.78 is 1.46. The maximum Gasteiger partial charge on any atom is 0.317 e. The molecule has 1 N–H and O–H groups in total. The normalized spacial score (nSPS) is 10.7. The van der Waals surface area contributed by atoms with E-state index < -0.39 is 11.1 Å². The number of rotatable bonds is 2. The molecule has 3 aromatic rings. The molecule has 1 aromatic carbocycles. The van der Waals surface area contributed by atoms with Crippen molar-refractivity contribution in [2.45, 2.75) is 6.54 Å². The summed E-state index contributed by atoms with van der Waals surface area (Å²) in [6.45, 7) is 0.330. The molecule has 0 fully saturated rings. The molecule has 0 aliphatic rings. The Labute approximate surface area is 108 Å². The first-order valence-electron chi connectivity index (χ1n) is 5.86. The molecule has 0 saturated carbocycles. The summed E-state index contributed by atoms with van der Waals surface area (Å²) in [4.78, 5) is 30.2. The van der Waals surface area contributed by atoms with Gasteiger partial charge in [0.05, 0.1) is 17.6 Å². The summed E-state index contributed by atoms with van der Waals surface area (Å²) in [5.74, 6) is 0. The molecule has 5 heteroatoms. The van der Waals surface area contributed by atoms with Crippen LogP contribution in [0.2, 0.25) is 0 Å².